The summed E-state index contributed by atoms with van der Waals surface area (Å²) in [5, 5.41) is 19.9. The van der Waals surface area contributed by atoms with Gasteiger partial charge in [-0.2, -0.15) is 0 Å². The number of ether oxygens (including phenoxy) is 2. The lowest BCUT2D eigenvalue weighted by atomic mass is 10.2. The van der Waals surface area contributed by atoms with Gasteiger partial charge in [0.1, 0.15) is 0 Å². The van der Waals surface area contributed by atoms with Gasteiger partial charge in [-0.25, -0.2) is 4.79 Å². The number of hydrogen-bond acceptors (Lipinski definition) is 5. The van der Waals surface area contributed by atoms with Crippen molar-refractivity contribution in [3.8, 4) is 5.75 Å². The molecule has 0 saturated heterocycles. The van der Waals surface area contributed by atoms with Crippen molar-refractivity contribution in [1.29, 1.82) is 0 Å². The van der Waals surface area contributed by atoms with Gasteiger partial charge in [-0.1, -0.05) is 12.1 Å². The number of nitrogens with zero attached hydrogens (tertiary/aromatic N) is 1. The first-order valence-electron chi connectivity index (χ1n) is 6.18. The molecular formula is C13H17NO6. The SMILES string of the molecule is CCOC(CCOc1cccc(C)c1[N+](=O)[O-])C(=O)O. The van der Waals surface area contributed by atoms with Crippen molar-refractivity contribution < 1.29 is 24.3 Å². The van der Waals surface area contributed by atoms with E-state index in [0.29, 0.717) is 5.56 Å². The van der Waals surface area contributed by atoms with Crippen LogP contribution >= 0.6 is 0 Å². The lowest BCUT2D eigenvalue weighted by Gasteiger charge is -2.13. The third-order valence-corrected chi connectivity index (χ3v) is 2.66. The Labute approximate surface area is 116 Å². The summed E-state index contributed by atoms with van der Waals surface area (Å²) >= 11 is 0. The molecule has 0 amide bonds. The third-order valence-electron chi connectivity index (χ3n) is 2.66. The Kier molecular flexibility index (Phi) is 5.92. The molecule has 1 atom stereocenters. The highest BCUT2D eigenvalue weighted by Crippen LogP contribution is 2.30. The Hall–Kier alpha value is -2.15. The molecule has 0 aliphatic carbocycles. The Bertz CT molecular complexity index is 488. The van der Waals surface area contributed by atoms with E-state index in [1.54, 1.807) is 26.0 Å². The summed E-state index contributed by atoms with van der Waals surface area (Å²) in [5.74, 6) is -0.940. The average molecular weight is 283 g/mol. The molecule has 0 spiro atoms. The van der Waals surface area contributed by atoms with Crippen LogP contribution in [0.25, 0.3) is 0 Å². The maximum absolute atomic E-state index is 11.0. The van der Waals surface area contributed by atoms with Gasteiger partial charge in [0.25, 0.3) is 0 Å². The van der Waals surface area contributed by atoms with Gasteiger partial charge in [-0.05, 0) is 19.9 Å². The largest absolute Gasteiger partial charge is 0.487 e. The minimum Gasteiger partial charge on any atom is -0.487 e. The van der Waals surface area contributed by atoms with E-state index in [2.05, 4.69) is 0 Å². The highest BCUT2D eigenvalue weighted by molar-refractivity contribution is 5.72. The predicted octanol–water partition coefficient (Wildman–Crippen LogP) is 2.16. The minimum atomic E-state index is -1.07. The fourth-order valence-corrected chi connectivity index (χ4v) is 1.74. The van der Waals surface area contributed by atoms with E-state index >= 15 is 0 Å². The van der Waals surface area contributed by atoms with E-state index in [0.717, 1.165) is 0 Å². The van der Waals surface area contributed by atoms with Crippen LogP contribution in [0.15, 0.2) is 18.2 Å². The zero-order valence-electron chi connectivity index (χ0n) is 11.4. The summed E-state index contributed by atoms with van der Waals surface area (Å²) in [7, 11) is 0. The number of aliphatic carboxylic acids is 1. The van der Waals surface area contributed by atoms with Gasteiger partial charge < -0.3 is 14.6 Å². The number of aryl methyl sites for hydroxylation is 1. The summed E-state index contributed by atoms with van der Waals surface area (Å²) in [6.07, 6.45) is -0.849. The van der Waals surface area contributed by atoms with E-state index in [-0.39, 0.29) is 31.1 Å². The van der Waals surface area contributed by atoms with E-state index in [1.165, 1.54) is 6.07 Å². The van der Waals surface area contributed by atoms with Gasteiger partial charge >= 0.3 is 11.7 Å². The van der Waals surface area contributed by atoms with E-state index < -0.39 is 17.0 Å². The van der Waals surface area contributed by atoms with Crippen LogP contribution in [0.2, 0.25) is 0 Å². The molecule has 7 nitrogen and oxygen atoms in total. The summed E-state index contributed by atoms with van der Waals surface area (Å²) in [6.45, 7) is 3.62. The fourth-order valence-electron chi connectivity index (χ4n) is 1.74. The van der Waals surface area contributed by atoms with E-state index in [9.17, 15) is 14.9 Å². The number of nitro benzene ring substituents is 1. The monoisotopic (exact) mass is 283 g/mol. The van der Waals surface area contributed by atoms with Crippen molar-refractivity contribution in [3.05, 3.63) is 33.9 Å². The van der Waals surface area contributed by atoms with Crippen LogP contribution in [0.4, 0.5) is 5.69 Å². The number of carboxylic acid groups (broad SMARTS) is 1. The molecular weight excluding hydrogens is 266 g/mol. The van der Waals surface area contributed by atoms with Gasteiger partial charge in [0.15, 0.2) is 11.9 Å². The normalized spacial score (nSPS) is 11.9. The number of para-hydroxylation sites is 1. The van der Waals surface area contributed by atoms with Crippen molar-refractivity contribution >= 4 is 11.7 Å². The van der Waals surface area contributed by atoms with Crippen LogP contribution in [-0.2, 0) is 9.53 Å². The summed E-state index contributed by atoms with van der Waals surface area (Å²) < 4.78 is 10.4. The molecule has 1 aromatic rings. The first-order valence-corrected chi connectivity index (χ1v) is 6.18. The highest BCUT2D eigenvalue weighted by atomic mass is 16.6. The first kappa shape index (κ1) is 15.9. The van der Waals surface area contributed by atoms with E-state index in [1.807, 2.05) is 0 Å². The van der Waals surface area contributed by atoms with Crippen LogP contribution in [0.5, 0.6) is 5.75 Å². The zero-order valence-corrected chi connectivity index (χ0v) is 11.4. The second-order valence-electron chi connectivity index (χ2n) is 4.10. The number of carboxylic acids is 1. The minimum absolute atomic E-state index is 0.0290. The lowest BCUT2D eigenvalue weighted by Crippen LogP contribution is -2.26. The summed E-state index contributed by atoms with van der Waals surface area (Å²) in [5.41, 5.74) is 0.392. The number of nitro groups is 1. The van der Waals surface area contributed by atoms with Gasteiger partial charge in [-0.3, -0.25) is 10.1 Å². The molecule has 1 aromatic carbocycles. The smallest absolute Gasteiger partial charge is 0.332 e. The van der Waals surface area contributed by atoms with Crippen LogP contribution in [-0.4, -0.2) is 35.3 Å². The number of carbonyl (C=O) groups is 1. The Morgan fingerprint density at radius 3 is 2.75 bits per heavy atom. The standard InChI is InChI=1S/C13H17NO6/c1-3-19-11(13(15)16)7-8-20-10-6-4-5-9(2)12(10)14(17)18/h4-6,11H,3,7-8H2,1-2H3,(H,15,16). The summed E-state index contributed by atoms with van der Waals surface area (Å²) in [4.78, 5) is 21.3. The number of benzene rings is 1. The van der Waals surface area contributed by atoms with Crippen LogP contribution in [0.3, 0.4) is 0 Å². The molecule has 0 aliphatic heterocycles. The molecule has 0 fully saturated rings. The molecule has 20 heavy (non-hydrogen) atoms. The quantitative estimate of drug-likeness (QED) is 0.579. The van der Waals surface area contributed by atoms with Crippen molar-refractivity contribution in [1.82, 2.24) is 0 Å². The molecule has 1 rings (SSSR count). The van der Waals surface area contributed by atoms with Crippen LogP contribution in [0.1, 0.15) is 18.9 Å². The maximum atomic E-state index is 11.0. The van der Waals surface area contributed by atoms with Crippen molar-refractivity contribution in [2.75, 3.05) is 13.2 Å². The van der Waals surface area contributed by atoms with E-state index in [4.69, 9.17) is 14.6 Å². The first-order chi connectivity index (χ1) is 9.47. The number of hydrogen-bond donors (Lipinski definition) is 1. The molecule has 0 saturated carbocycles. The van der Waals surface area contributed by atoms with Gasteiger partial charge in [0.2, 0.25) is 0 Å². The molecule has 0 aromatic heterocycles. The maximum Gasteiger partial charge on any atom is 0.332 e. The average Bonchev–Trinajstić information content (AvgIpc) is 2.37. The summed E-state index contributed by atoms with van der Waals surface area (Å²) in [6, 6.07) is 4.75. The fraction of sp³-hybridized carbons (Fsp3) is 0.462. The van der Waals surface area contributed by atoms with Crippen molar-refractivity contribution in [2.24, 2.45) is 0 Å². The molecule has 110 valence electrons. The molecule has 0 aliphatic rings. The second-order valence-corrected chi connectivity index (χ2v) is 4.10. The lowest BCUT2D eigenvalue weighted by molar-refractivity contribution is -0.386. The van der Waals surface area contributed by atoms with Crippen LogP contribution in [0, 0.1) is 17.0 Å². The van der Waals surface area contributed by atoms with Gasteiger partial charge in [0.05, 0.1) is 11.5 Å². The topological polar surface area (TPSA) is 98.9 Å². The predicted molar refractivity (Wildman–Crippen MR) is 71.0 cm³/mol. The molecule has 1 N–H and O–H groups in total. The second kappa shape index (κ2) is 7.44. The zero-order chi connectivity index (χ0) is 15.1. The van der Waals surface area contributed by atoms with Gasteiger partial charge in [0, 0.05) is 18.6 Å². The Morgan fingerprint density at radius 1 is 1.50 bits per heavy atom. The molecule has 1 unspecified atom stereocenters. The van der Waals surface area contributed by atoms with Gasteiger partial charge in [-0.15, -0.1) is 0 Å². The molecule has 0 bridgehead atoms. The Balaban J connectivity index is 2.68. The highest BCUT2D eigenvalue weighted by Gasteiger charge is 2.20. The van der Waals surface area contributed by atoms with Crippen molar-refractivity contribution in [3.63, 3.8) is 0 Å². The molecule has 0 radical (unpaired) electrons. The Morgan fingerprint density at radius 2 is 2.20 bits per heavy atom. The number of rotatable bonds is 8. The third kappa shape index (κ3) is 4.20. The molecule has 0 heterocycles. The van der Waals surface area contributed by atoms with Crippen LogP contribution < -0.4 is 4.74 Å². The molecule has 7 heteroatoms. The van der Waals surface area contributed by atoms with Crippen molar-refractivity contribution in [2.45, 2.75) is 26.4 Å².